The van der Waals surface area contributed by atoms with Crippen molar-refractivity contribution < 1.29 is 13.2 Å². The molecule has 0 unspecified atom stereocenters. The maximum atomic E-state index is 12.1. The second-order valence-corrected chi connectivity index (χ2v) is 7.15. The lowest BCUT2D eigenvalue weighted by molar-refractivity contribution is -0.120. The van der Waals surface area contributed by atoms with Gasteiger partial charge in [0.25, 0.3) is 5.91 Å². The lowest BCUT2D eigenvalue weighted by Crippen LogP contribution is -2.44. The largest absolute Gasteiger partial charge is 0.327 e. The van der Waals surface area contributed by atoms with Crippen molar-refractivity contribution in [1.82, 2.24) is 9.29 Å². The molecule has 0 saturated carbocycles. The first-order valence-electron chi connectivity index (χ1n) is 5.90. The minimum Gasteiger partial charge on any atom is -0.327 e. The minimum absolute atomic E-state index is 0.115. The molecule has 0 aliphatic rings. The molecule has 0 aliphatic heterocycles. The second-order valence-electron chi connectivity index (χ2n) is 4.50. The maximum absolute atomic E-state index is 12.1. The predicted molar refractivity (Wildman–Crippen MR) is 75.1 cm³/mol. The Balaban J connectivity index is 3.06. The van der Waals surface area contributed by atoms with Crippen molar-refractivity contribution in [2.75, 3.05) is 6.26 Å². The van der Waals surface area contributed by atoms with Gasteiger partial charge < -0.3 is 4.57 Å². The molecular weight excluding hydrogens is 286 g/mol. The van der Waals surface area contributed by atoms with Crippen molar-refractivity contribution in [1.29, 1.82) is 0 Å². The average Bonchev–Trinajstić information content (AvgIpc) is 2.70. The van der Waals surface area contributed by atoms with Crippen molar-refractivity contribution in [3.63, 3.8) is 0 Å². The van der Waals surface area contributed by atoms with Gasteiger partial charge in [-0.25, -0.2) is 13.1 Å². The molecule has 1 N–H and O–H groups in total. The number of hydrogen-bond acceptors (Lipinski definition) is 4. The number of aryl methyl sites for hydroxylation is 1. The summed E-state index contributed by atoms with van der Waals surface area (Å²) in [7, 11) is -1.66. The molecule has 1 aromatic rings. The van der Waals surface area contributed by atoms with E-state index in [2.05, 4.69) is 9.71 Å². The highest BCUT2D eigenvalue weighted by molar-refractivity contribution is 7.88. The van der Waals surface area contributed by atoms with E-state index in [-0.39, 0.29) is 5.92 Å². The molecule has 0 fully saturated rings. The van der Waals surface area contributed by atoms with E-state index in [4.69, 9.17) is 0 Å². The van der Waals surface area contributed by atoms with Gasteiger partial charge in [-0.1, -0.05) is 20.3 Å². The van der Waals surface area contributed by atoms with Crippen LogP contribution in [0.4, 0.5) is 0 Å². The first kappa shape index (κ1) is 16.1. The van der Waals surface area contributed by atoms with Gasteiger partial charge in [0, 0.05) is 18.6 Å². The Bertz CT molecular complexity index is 601. The number of nitrogens with one attached hydrogen (secondary N) is 1. The lowest BCUT2D eigenvalue weighted by Gasteiger charge is -2.19. The van der Waals surface area contributed by atoms with E-state index < -0.39 is 22.0 Å². The van der Waals surface area contributed by atoms with Crippen LogP contribution in [0.2, 0.25) is 0 Å². The number of rotatable bonds is 5. The van der Waals surface area contributed by atoms with Crippen molar-refractivity contribution >= 4 is 27.3 Å². The highest BCUT2D eigenvalue weighted by Gasteiger charge is 2.26. The fourth-order valence-electron chi connectivity index (χ4n) is 1.47. The lowest BCUT2D eigenvalue weighted by atomic mass is 10.00. The van der Waals surface area contributed by atoms with Gasteiger partial charge in [-0.2, -0.15) is 4.99 Å². The maximum Gasteiger partial charge on any atom is 0.266 e. The molecule has 1 aromatic heterocycles. The number of thiazole rings is 1. The Hall–Kier alpha value is -0.990. The summed E-state index contributed by atoms with van der Waals surface area (Å²) in [6.07, 6.45) is 3.52. The molecule has 8 heteroatoms. The topological polar surface area (TPSA) is 80.5 Å². The predicted octanol–water partition coefficient (Wildman–Crippen LogP) is 0.478. The third-order valence-corrected chi connectivity index (χ3v) is 4.32. The van der Waals surface area contributed by atoms with E-state index >= 15 is 0 Å². The summed E-state index contributed by atoms with van der Waals surface area (Å²) < 4.78 is 26.7. The second kappa shape index (κ2) is 6.44. The summed E-state index contributed by atoms with van der Waals surface area (Å²) in [6, 6.07) is -0.818. The quantitative estimate of drug-likeness (QED) is 0.859. The molecule has 0 saturated heterocycles. The van der Waals surface area contributed by atoms with E-state index in [0.29, 0.717) is 11.2 Å². The number of aromatic nitrogens is 1. The molecule has 2 atom stereocenters. The number of nitrogens with zero attached hydrogens (tertiary/aromatic N) is 2. The van der Waals surface area contributed by atoms with Gasteiger partial charge in [-0.05, 0) is 5.92 Å². The zero-order chi connectivity index (χ0) is 14.6. The fraction of sp³-hybridized carbons (Fsp3) is 0.636. The standard InChI is InChI=1S/C11H19N3O3S2/c1-5-8(2)9(13-19(4,16)17)10(15)12-11-14(3)6-7-18-11/h6-9,13H,5H2,1-4H3/t8-,9-/m1/s1. The number of hydrogen-bond donors (Lipinski definition) is 1. The number of carbonyl (C=O) groups is 1. The minimum atomic E-state index is -3.45. The van der Waals surface area contributed by atoms with Crippen molar-refractivity contribution in [2.45, 2.75) is 26.3 Å². The van der Waals surface area contributed by atoms with Gasteiger partial charge in [0.05, 0.1) is 6.26 Å². The normalized spacial score (nSPS) is 16.3. The van der Waals surface area contributed by atoms with E-state index in [9.17, 15) is 13.2 Å². The van der Waals surface area contributed by atoms with Gasteiger partial charge in [-0.15, -0.1) is 11.3 Å². The zero-order valence-electron chi connectivity index (χ0n) is 11.5. The Labute approximate surface area is 117 Å². The summed E-state index contributed by atoms with van der Waals surface area (Å²) in [6.45, 7) is 3.73. The van der Waals surface area contributed by atoms with Crippen molar-refractivity contribution in [2.24, 2.45) is 18.0 Å². The van der Waals surface area contributed by atoms with Crippen LogP contribution in [0.25, 0.3) is 0 Å². The van der Waals surface area contributed by atoms with Crippen molar-refractivity contribution in [3.8, 4) is 0 Å². The van der Waals surface area contributed by atoms with Gasteiger partial charge >= 0.3 is 0 Å². The first-order valence-corrected chi connectivity index (χ1v) is 8.67. The monoisotopic (exact) mass is 305 g/mol. The summed E-state index contributed by atoms with van der Waals surface area (Å²) in [5.41, 5.74) is 0. The van der Waals surface area contributed by atoms with Gasteiger partial charge in [0.15, 0.2) is 4.80 Å². The van der Waals surface area contributed by atoms with Crippen LogP contribution in [0.1, 0.15) is 20.3 Å². The smallest absolute Gasteiger partial charge is 0.266 e. The molecule has 0 radical (unpaired) electrons. The van der Waals surface area contributed by atoms with Crippen LogP contribution >= 0.6 is 11.3 Å². The molecule has 19 heavy (non-hydrogen) atoms. The van der Waals surface area contributed by atoms with E-state index in [1.165, 1.54) is 11.3 Å². The molecule has 6 nitrogen and oxygen atoms in total. The van der Waals surface area contributed by atoms with Crippen LogP contribution < -0.4 is 9.52 Å². The van der Waals surface area contributed by atoms with Crippen molar-refractivity contribution in [3.05, 3.63) is 16.4 Å². The molecule has 1 heterocycles. The Kier molecular flexibility index (Phi) is 5.45. The SMILES string of the molecule is CC[C@@H](C)[C@@H](NS(C)(=O)=O)C(=O)N=c1sccn1C. The van der Waals surface area contributed by atoms with Crippen LogP contribution in [0.5, 0.6) is 0 Å². The van der Waals surface area contributed by atoms with E-state index in [1.54, 1.807) is 17.8 Å². The van der Waals surface area contributed by atoms with E-state index in [1.807, 2.05) is 19.2 Å². The van der Waals surface area contributed by atoms with Gasteiger partial charge in [-0.3, -0.25) is 4.79 Å². The third kappa shape index (κ3) is 4.88. The van der Waals surface area contributed by atoms with Crippen LogP contribution in [0.15, 0.2) is 16.6 Å². The molecule has 0 aliphatic carbocycles. The Morgan fingerprint density at radius 1 is 1.58 bits per heavy atom. The summed E-state index contributed by atoms with van der Waals surface area (Å²) in [4.78, 5) is 16.7. The molecule has 1 amide bonds. The Morgan fingerprint density at radius 2 is 2.21 bits per heavy atom. The Morgan fingerprint density at radius 3 is 2.63 bits per heavy atom. The molecule has 0 spiro atoms. The summed E-state index contributed by atoms with van der Waals surface area (Å²) in [5.74, 6) is -0.575. The van der Waals surface area contributed by atoms with Crippen LogP contribution in [-0.4, -0.2) is 31.2 Å². The van der Waals surface area contributed by atoms with Gasteiger partial charge in [0.2, 0.25) is 10.0 Å². The highest BCUT2D eigenvalue weighted by atomic mass is 32.2. The van der Waals surface area contributed by atoms with Crippen LogP contribution in [0, 0.1) is 5.92 Å². The number of amides is 1. The average molecular weight is 305 g/mol. The fourth-order valence-corrected chi connectivity index (χ4v) is 3.00. The number of carbonyl (C=O) groups excluding carboxylic acids is 1. The third-order valence-electron chi connectivity index (χ3n) is 2.79. The van der Waals surface area contributed by atoms with Crippen LogP contribution in [0.3, 0.4) is 0 Å². The van der Waals surface area contributed by atoms with Gasteiger partial charge in [0.1, 0.15) is 6.04 Å². The molecule has 0 aromatic carbocycles. The molecular formula is C11H19N3O3S2. The zero-order valence-corrected chi connectivity index (χ0v) is 13.1. The summed E-state index contributed by atoms with van der Waals surface area (Å²) >= 11 is 1.33. The summed E-state index contributed by atoms with van der Waals surface area (Å²) in [5, 5.41) is 1.81. The van der Waals surface area contributed by atoms with E-state index in [0.717, 1.165) is 6.26 Å². The molecule has 0 bridgehead atoms. The number of sulfonamides is 1. The highest BCUT2D eigenvalue weighted by Crippen LogP contribution is 2.10. The van der Waals surface area contributed by atoms with Crippen LogP contribution in [-0.2, 0) is 21.9 Å². The molecule has 108 valence electrons. The first-order chi connectivity index (χ1) is 8.74. The molecule has 1 rings (SSSR count).